The molecule has 0 saturated carbocycles. The summed E-state index contributed by atoms with van der Waals surface area (Å²) in [4.78, 5) is 15.0. The summed E-state index contributed by atoms with van der Waals surface area (Å²) in [7, 11) is 1.84. The van der Waals surface area contributed by atoms with E-state index in [1.807, 2.05) is 85.9 Å². The maximum absolute atomic E-state index is 13.2. The molecule has 1 fully saturated rings. The first-order chi connectivity index (χ1) is 14.0. The standard InChI is InChI=1S/C24H21Cl2NO2/c1-27-22(17-7-11-19(25)12-8-17)23(18-9-13-20(26)14-10-18)29-21(24(27)28)15-16-5-3-2-4-6-16/h2-14,21-23H,15H2,1H3/t21?,22-,23+/m1/s1. The Labute approximate surface area is 180 Å². The monoisotopic (exact) mass is 425 g/mol. The van der Waals surface area contributed by atoms with E-state index in [0.717, 1.165) is 16.7 Å². The molecule has 3 atom stereocenters. The third-order valence-corrected chi connectivity index (χ3v) is 5.82. The second kappa shape index (κ2) is 8.58. The van der Waals surface area contributed by atoms with Gasteiger partial charge in [-0.15, -0.1) is 0 Å². The van der Waals surface area contributed by atoms with Crippen LogP contribution in [0.1, 0.15) is 28.8 Å². The van der Waals surface area contributed by atoms with Gasteiger partial charge in [0.1, 0.15) is 12.2 Å². The molecule has 3 nitrogen and oxygen atoms in total. The van der Waals surface area contributed by atoms with E-state index in [4.69, 9.17) is 27.9 Å². The van der Waals surface area contributed by atoms with Crippen molar-refractivity contribution < 1.29 is 9.53 Å². The summed E-state index contributed by atoms with van der Waals surface area (Å²) in [5.74, 6) is -0.0287. The molecule has 0 N–H and O–H groups in total. The second-order valence-corrected chi connectivity index (χ2v) is 8.11. The van der Waals surface area contributed by atoms with E-state index in [1.54, 1.807) is 4.90 Å². The maximum atomic E-state index is 13.2. The first-order valence-corrected chi connectivity index (χ1v) is 10.3. The fraction of sp³-hybridized carbons (Fsp3) is 0.208. The van der Waals surface area contributed by atoms with E-state index < -0.39 is 6.10 Å². The minimum Gasteiger partial charge on any atom is -0.358 e. The molecule has 29 heavy (non-hydrogen) atoms. The lowest BCUT2D eigenvalue weighted by Crippen LogP contribution is -2.49. The third-order valence-electron chi connectivity index (χ3n) is 5.31. The molecule has 1 saturated heterocycles. The smallest absolute Gasteiger partial charge is 0.252 e. The normalized spacial score (nSPS) is 22.0. The van der Waals surface area contributed by atoms with E-state index >= 15 is 0 Å². The van der Waals surface area contributed by atoms with Crippen LogP contribution < -0.4 is 0 Å². The van der Waals surface area contributed by atoms with Crippen LogP contribution in [-0.4, -0.2) is 24.0 Å². The Bertz CT molecular complexity index is 974. The van der Waals surface area contributed by atoms with Gasteiger partial charge in [-0.2, -0.15) is 0 Å². The molecule has 4 rings (SSSR count). The molecule has 1 unspecified atom stereocenters. The quantitative estimate of drug-likeness (QED) is 0.522. The van der Waals surface area contributed by atoms with Crippen LogP contribution in [0, 0.1) is 0 Å². The number of halogens is 2. The predicted molar refractivity (Wildman–Crippen MR) is 116 cm³/mol. The lowest BCUT2D eigenvalue weighted by Gasteiger charge is -2.43. The summed E-state index contributed by atoms with van der Waals surface area (Å²) in [6, 6.07) is 24.9. The molecule has 1 aliphatic heterocycles. The lowest BCUT2D eigenvalue weighted by molar-refractivity contribution is -0.171. The third kappa shape index (κ3) is 4.32. The summed E-state index contributed by atoms with van der Waals surface area (Å²) in [5, 5.41) is 1.32. The number of ether oxygens (including phenoxy) is 1. The van der Waals surface area contributed by atoms with Crippen LogP contribution >= 0.6 is 23.2 Å². The summed E-state index contributed by atoms with van der Waals surface area (Å²) in [6.45, 7) is 0. The highest BCUT2D eigenvalue weighted by atomic mass is 35.5. The molecule has 1 aliphatic rings. The number of hydrogen-bond acceptors (Lipinski definition) is 2. The number of likely N-dealkylation sites (N-methyl/N-ethyl adjacent to an activating group) is 1. The number of rotatable bonds is 4. The SMILES string of the molecule is CN1C(=O)C(Cc2ccccc2)O[C@@H](c2ccc(Cl)cc2)[C@H]1c1ccc(Cl)cc1. The van der Waals surface area contributed by atoms with Gasteiger partial charge in [-0.1, -0.05) is 77.8 Å². The minimum atomic E-state index is -0.549. The number of carbonyl (C=O) groups is 1. The first-order valence-electron chi connectivity index (χ1n) is 9.50. The molecule has 148 valence electrons. The fourth-order valence-corrected chi connectivity index (χ4v) is 4.06. The zero-order valence-electron chi connectivity index (χ0n) is 16.0. The first kappa shape index (κ1) is 20.0. The van der Waals surface area contributed by atoms with Crippen LogP contribution in [0.15, 0.2) is 78.9 Å². The van der Waals surface area contributed by atoms with Crippen molar-refractivity contribution in [2.75, 3.05) is 7.05 Å². The largest absolute Gasteiger partial charge is 0.358 e. The van der Waals surface area contributed by atoms with Crippen LogP contribution in [0.4, 0.5) is 0 Å². The van der Waals surface area contributed by atoms with Crippen LogP contribution in [-0.2, 0) is 16.0 Å². The molecule has 3 aromatic carbocycles. The van der Waals surface area contributed by atoms with Gasteiger partial charge < -0.3 is 9.64 Å². The molecular formula is C24H21Cl2NO2. The van der Waals surface area contributed by atoms with Gasteiger partial charge in [-0.3, -0.25) is 4.79 Å². The lowest BCUT2D eigenvalue weighted by atomic mass is 9.91. The van der Waals surface area contributed by atoms with Crippen molar-refractivity contribution in [2.45, 2.75) is 24.7 Å². The van der Waals surface area contributed by atoms with E-state index in [1.165, 1.54) is 0 Å². The van der Waals surface area contributed by atoms with Gasteiger partial charge in [0.2, 0.25) is 0 Å². The Hall–Kier alpha value is -2.33. The highest BCUT2D eigenvalue weighted by Gasteiger charge is 2.42. The number of amides is 1. The topological polar surface area (TPSA) is 29.5 Å². The maximum Gasteiger partial charge on any atom is 0.252 e. The number of hydrogen-bond donors (Lipinski definition) is 0. The molecule has 5 heteroatoms. The molecule has 0 bridgehead atoms. The van der Waals surface area contributed by atoms with Crippen molar-refractivity contribution in [3.63, 3.8) is 0 Å². The Morgan fingerprint density at radius 1 is 0.828 bits per heavy atom. The highest BCUT2D eigenvalue weighted by molar-refractivity contribution is 6.30. The van der Waals surface area contributed by atoms with Gasteiger partial charge >= 0.3 is 0 Å². The molecule has 0 aromatic heterocycles. The molecular weight excluding hydrogens is 405 g/mol. The van der Waals surface area contributed by atoms with Gasteiger partial charge in [0.25, 0.3) is 5.91 Å². The van der Waals surface area contributed by atoms with Crippen molar-refractivity contribution >= 4 is 29.1 Å². The molecule has 3 aromatic rings. The zero-order chi connectivity index (χ0) is 20.4. The van der Waals surface area contributed by atoms with E-state index in [0.29, 0.717) is 16.5 Å². The summed E-state index contributed by atoms with van der Waals surface area (Å²) >= 11 is 12.2. The Kier molecular flexibility index (Phi) is 5.91. The fourth-order valence-electron chi connectivity index (χ4n) is 3.81. The molecule has 0 spiro atoms. The molecule has 1 amide bonds. The Morgan fingerprint density at radius 2 is 1.38 bits per heavy atom. The predicted octanol–water partition coefficient (Wildman–Crippen LogP) is 5.88. The van der Waals surface area contributed by atoms with Gasteiger partial charge in [0.05, 0.1) is 6.04 Å². The number of benzene rings is 3. The van der Waals surface area contributed by atoms with E-state index in [9.17, 15) is 4.79 Å². The van der Waals surface area contributed by atoms with Crippen LogP contribution in [0.25, 0.3) is 0 Å². The summed E-state index contributed by atoms with van der Waals surface area (Å²) in [5.41, 5.74) is 3.02. The van der Waals surface area contributed by atoms with Crippen molar-refractivity contribution in [1.29, 1.82) is 0 Å². The zero-order valence-corrected chi connectivity index (χ0v) is 17.5. The van der Waals surface area contributed by atoms with Crippen molar-refractivity contribution in [2.24, 2.45) is 0 Å². The highest BCUT2D eigenvalue weighted by Crippen LogP contribution is 2.42. The van der Waals surface area contributed by atoms with Crippen molar-refractivity contribution in [1.82, 2.24) is 4.90 Å². The number of morpholine rings is 1. The second-order valence-electron chi connectivity index (χ2n) is 7.23. The van der Waals surface area contributed by atoms with Gasteiger partial charge in [0.15, 0.2) is 0 Å². The van der Waals surface area contributed by atoms with Gasteiger partial charge in [-0.25, -0.2) is 0 Å². The molecule has 0 aliphatic carbocycles. The minimum absolute atomic E-state index is 0.0287. The van der Waals surface area contributed by atoms with Gasteiger partial charge in [-0.05, 0) is 41.0 Å². The van der Waals surface area contributed by atoms with Crippen molar-refractivity contribution in [3.05, 3.63) is 106 Å². The van der Waals surface area contributed by atoms with Crippen LogP contribution in [0.5, 0.6) is 0 Å². The Balaban J connectivity index is 1.71. The average Bonchev–Trinajstić information content (AvgIpc) is 2.74. The average molecular weight is 426 g/mol. The van der Waals surface area contributed by atoms with E-state index in [-0.39, 0.29) is 18.1 Å². The molecule has 0 radical (unpaired) electrons. The van der Waals surface area contributed by atoms with Crippen molar-refractivity contribution in [3.8, 4) is 0 Å². The van der Waals surface area contributed by atoms with E-state index in [2.05, 4.69) is 0 Å². The Morgan fingerprint density at radius 3 is 1.97 bits per heavy atom. The summed E-state index contributed by atoms with van der Waals surface area (Å²) < 4.78 is 6.43. The van der Waals surface area contributed by atoms with Crippen LogP contribution in [0.2, 0.25) is 10.0 Å². The van der Waals surface area contributed by atoms with Crippen LogP contribution in [0.3, 0.4) is 0 Å². The summed E-state index contributed by atoms with van der Waals surface area (Å²) in [6.07, 6.45) is -0.335. The number of carbonyl (C=O) groups excluding carboxylic acids is 1. The number of nitrogens with zero attached hydrogens (tertiary/aromatic N) is 1. The van der Waals surface area contributed by atoms with Gasteiger partial charge in [0, 0.05) is 23.5 Å². The molecule has 1 heterocycles.